The molecule has 4 nitrogen and oxygen atoms in total. The van der Waals surface area contributed by atoms with Crippen LogP contribution in [0, 0.1) is 0 Å². The van der Waals surface area contributed by atoms with Crippen LogP contribution in [-0.4, -0.2) is 41.6 Å². The molecule has 6 heteroatoms. The van der Waals surface area contributed by atoms with Crippen molar-refractivity contribution in [2.75, 3.05) is 19.8 Å². The number of hydrogen-bond donors (Lipinski definition) is 0. The van der Waals surface area contributed by atoms with E-state index in [1.165, 1.54) is 0 Å². The second-order valence-corrected chi connectivity index (χ2v) is 4.64. The predicted octanol–water partition coefficient (Wildman–Crippen LogP) is 2.25. The molecule has 0 spiro atoms. The second kappa shape index (κ2) is 5.21. The van der Waals surface area contributed by atoms with Crippen molar-refractivity contribution in [1.82, 2.24) is 9.88 Å². The van der Waals surface area contributed by atoms with Crippen LogP contribution < -0.4 is 0 Å². The third-order valence-corrected chi connectivity index (χ3v) is 3.17. The molecular formula is C11H12Cl2N2O2. The van der Waals surface area contributed by atoms with E-state index < -0.39 is 0 Å². The van der Waals surface area contributed by atoms with Crippen LogP contribution in [0.4, 0.5) is 0 Å². The average Bonchev–Trinajstić information content (AvgIpc) is 2.29. The van der Waals surface area contributed by atoms with Crippen molar-refractivity contribution in [3.05, 3.63) is 28.0 Å². The molecule has 17 heavy (non-hydrogen) atoms. The Morgan fingerprint density at radius 2 is 2.29 bits per heavy atom. The molecule has 0 N–H and O–H groups in total. The van der Waals surface area contributed by atoms with E-state index in [0.717, 1.165) is 0 Å². The largest absolute Gasteiger partial charge is 0.377 e. The van der Waals surface area contributed by atoms with Gasteiger partial charge in [-0.15, -0.1) is 0 Å². The van der Waals surface area contributed by atoms with Gasteiger partial charge in [-0.05, 0) is 19.1 Å². The van der Waals surface area contributed by atoms with Crippen LogP contribution in [0.25, 0.3) is 0 Å². The van der Waals surface area contributed by atoms with Crippen LogP contribution in [0.3, 0.4) is 0 Å². The summed E-state index contributed by atoms with van der Waals surface area (Å²) >= 11 is 11.6. The maximum absolute atomic E-state index is 12.2. The molecule has 1 amide bonds. The number of hydrogen-bond acceptors (Lipinski definition) is 3. The molecule has 0 radical (unpaired) electrons. The smallest absolute Gasteiger partial charge is 0.257 e. The van der Waals surface area contributed by atoms with Crippen LogP contribution >= 0.6 is 23.2 Å². The second-order valence-electron chi connectivity index (χ2n) is 3.89. The summed E-state index contributed by atoms with van der Waals surface area (Å²) in [6.45, 7) is 3.60. The van der Waals surface area contributed by atoms with E-state index in [2.05, 4.69) is 4.98 Å². The van der Waals surface area contributed by atoms with Crippen LogP contribution in [0.1, 0.15) is 17.3 Å². The SMILES string of the molecule is C[C@@H]1COCCN1C(=O)c1ccc(Cl)nc1Cl. The lowest BCUT2D eigenvalue weighted by atomic mass is 10.2. The summed E-state index contributed by atoms with van der Waals surface area (Å²) in [6, 6.07) is 3.21. The molecule has 1 saturated heterocycles. The molecular weight excluding hydrogens is 263 g/mol. The Labute approximate surface area is 109 Å². The molecule has 0 bridgehead atoms. The fourth-order valence-electron chi connectivity index (χ4n) is 1.76. The van der Waals surface area contributed by atoms with Crippen molar-refractivity contribution in [2.24, 2.45) is 0 Å². The van der Waals surface area contributed by atoms with E-state index in [9.17, 15) is 4.79 Å². The minimum atomic E-state index is -0.130. The van der Waals surface area contributed by atoms with Gasteiger partial charge in [0.25, 0.3) is 5.91 Å². The van der Waals surface area contributed by atoms with Crippen molar-refractivity contribution in [3.8, 4) is 0 Å². The van der Waals surface area contributed by atoms with E-state index >= 15 is 0 Å². The number of halogens is 2. The van der Waals surface area contributed by atoms with Gasteiger partial charge < -0.3 is 9.64 Å². The highest BCUT2D eigenvalue weighted by molar-refractivity contribution is 6.34. The molecule has 0 aliphatic carbocycles. The highest BCUT2D eigenvalue weighted by atomic mass is 35.5. The van der Waals surface area contributed by atoms with Gasteiger partial charge in [-0.2, -0.15) is 0 Å². The van der Waals surface area contributed by atoms with E-state index in [1.807, 2.05) is 6.92 Å². The van der Waals surface area contributed by atoms with Gasteiger partial charge in [0.05, 0.1) is 24.8 Å². The van der Waals surface area contributed by atoms with Crippen molar-refractivity contribution in [3.63, 3.8) is 0 Å². The van der Waals surface area contributed by atoms with Crippen molar-refractivity contribution in [2.45, 2.75) is 13.0 Å². The van der Waals surface area contributed by atoms with E-state index in [1.54, 1.807) is 17.0 Å². The van der Waals surface area contributed by atoms with Gasteiger partial charge in [0.1, 0.15) is 10.3 Å². The third-order valence-electron chi connectivity index (χ3n) is 2.67. The Kier molecular flexibility index (Phi) is 3.86. The number of carbonyl (C=O) groups excluding carboxylic acids is 1. The van der Waals surface area contributed by atoms with Crippen molar-refractivity contribution in [1.29, 1.82) is 0 Å². The third kappa shape index (κ3) is 2.70. The maximum Gasteiger partial charge on any atom is 0.257 e. The van der Waals surface area contributed by atoms with Crippen molar-refractivity contribution < 1.29 is 9.53 Å². The summed E-state index contributed by atoms with van der Waals surface area (Å²) < 4.78 is 5.28. The first-order valence-electron chi connectivity index (χ1n) is 5.30. The predicted molar refractivity (Wildman–Crippen MR) is 65.6 cm³/mol. The van der Waals surface area contributed by atoms with Crippen LogP contribution in [0.15, 0.2) is 12.1 Å². The highest BCUT2D eigenvalue weighted by Crippen LogP contribution is 2.20. The standard InChI is InChI=1S/C11H12Cl2N2O2/c1-7-6-17-5-4-15(7)11(16)8-2-3-9(12)14-10(8)13/h2-3,7H,4-6H2,1H3/t7-/m1/s1. The monoisotopic (exact) mass is 274 g/mol. The Balaban J connectivity index is 2.24. The summed E-state index contributed by atoms with van der Waals surface area (Å²) in [5.41, 5.74) is 0.379. The number of aromatic nitrogens is 1. The topological polar surface area (TPSA) is 42.4 Å². The van der Waals surface area contributed by atoms with Crippen LogP contribution in [0.2, 0.25) is 10.3 Å². The molecule has 1 aliphatic heterocycles. The van der Waals surface area contributed by atoms with Gasteiger partial charge in [0.15, 0.2) is 0 Å². The van der Waals surface area contributed by atoms with E-state index in [0.29, 0.717) is 25.3 Å². The maximum atomic E-state index is 12.2. The minimum Gasteiger partial charge on any atom is -0.377 e. The molecule has 0 aromatic carbocycles. The lowest BCUT2D eigenvalue weighted by molar-refractivity contribution is 0.00358. The molecule has 2 heterocycles. The first-order valence-corrected chi connectivity index (χ1v) is 6.06. The van der Waals surface area contributed by atoms with Crippen molar-refractivity contribution >= 4 is 29.1 Å². The number of morpholine rings is 1. The summed E-state index contributed by atoms with van der Waals surface area (Å²) in [5.74, 6) is -0.130. The summed E-state index contributed by atoms with van der Waals surface area (Å²) in [5, 5.41) is 0.419. The lowest BCUT2D eigenvalue weighted by Gasteiger charge is -2.33. The number of pyridine rings is 1. The summed E-state index contributed by atoms with van der Waals surface area (Å²) in [6.07, 6.45) is 0. The molecule has 1 aromatic heterocycles. The van der Waals surface area contributed by atoms with Gasteiger partial charge >= 0.3 is 0 Å². The zero-order valence-corrected chi connectivity index (χ0v) is 10.8. The molecule has 1 aliphatic rings. The molecule has 92 valence electrons. The van der Waals surface area contributed by atoms with Gasteiger partial charge in [-0.1, -0.05) is 23.2 Å². The zero-order chi connectivity index (χ0) is 12.4. The average molecular weight is 275 g/mol. The van der Waals surface area contributed by atoms with Gasteiger partial charge in [0.2, 0.25) is 0 Å². The lowest BCUT2D eigenvalue weighted by Crippen LogP contribution is -2.47. The van der Waals surface area contributed by atoms with Gasteiger partial charge in [0, 0.05) is 6.54 Å². The molecule has 1 aromatic rings. The molecule has 1 fully saturated rings. The number of nitrogens with zero attached hydrogens (tertiary/aromatic N) is 2. The zero-order valence-electron chi connectivity index (χ0n) is 9.32. The first-order chi connectivity index (χ1) is 8.09. The normalized spacial score (nSPS) is 20.4. The fraction of sp³-hybridized carbons (Fsp3) is 0.455. The Morgan fingerprint density at radius 3 is 2.94 bits per heavy atom. The molecule has 0 saturated carbocycles. The number of rotatable bonds is 1. The quantitative estimate of drug-likeness (QED) is 0.738. The number of amides is 1. The molecule has 0 unspecified atom stereocenters. The fourth-order valence-corrected chi connectivity index (χ4v) is 2.18. The first kappa shape index (κ1) is 12.6. The Hall–Kier alpha value is -0.840. The van der Waals surface area contributed by atoms with Crippen LogP contribution in [-0.2, 0) is 4.74 Å². The highest BCUT2D eigenvalue weighted by Gasteiger charge is 2.26. The summed E-state index contributed by atoms with van der Waals surface area (Å²) in [7, 11) is 0. The van der Waals surface area contributed by atoms with E-state index in [-0.39, 0.29) is 22.3 Å². The van der Waals surface area contributed by atoms with Crippen LogP contribution in [0.5, 0.6) is 0 Å². The van der Waals surface area contributed by atoms with Gasteiger partial charge in [-0.3, -0.25) is 4.79 Å². The number of ether oxygens (including phenoxy) is 1. The summed E-state index contributed by atoms with van der Waals surface area (Å²) in [4.78, 5) is 17.8. The Morgan fingerprint density at radius 1 is 1.53 bits per heavy atom. The Bertz CT molecular complexity index is 439. The molecule has 2 rings (SSSR count). The van der Waals surface area contributed by atoms with E-state index in [4.69, 9.17) is 27.9 Å². The number of carbonyl (C=O) groups is 1. The van der Waals surface area contributed by atoms with Gasteiger partial charge in [-0.25, -0.2) is 4.98 Å². The molecule has 1 atom stereocenters. The minimum absolute atomic E-state index is 0.0444.